The van der Waals surface area contributed by atoms with Crippen LogP contribution in [0.2, 0.25) is 0 Å². The van der Waals surface area contributed by atoms with Gasteiger partial charge in [-0.25, -0.2) is 0 Å². The molecule has 2 rings (SSSR count). The lowest BCUT2D eigenvalue weighted by Crippen LogP contribution is -2.26. The third kappa shape index (κ3) is 3.32. The van der Waals surface area contributed by atoms with Crippen molar-refractivity contribution in [2.75, 3.05) is 6.54 Å². The topological polar surface area (TPSA) is 12.0 Å². The van der Waals surface area contributed by atoms with E-state index in [1.807, 2.05) is 0 Å². The van der Waals surface area contributed by atoms with E-state index in [4.69, 9.17) is 0 Å². The lowest BCUT2D eigenvalue weighted by atomic mass is 9.99. The van der Waals surface area contributed by atoms with Crippen molar-refractivity contribution in [3.63, 3.8) is 0 Å². The lowest BCUT2D eigenvalue weighted by Gasteiger charge is -2.20. The van der Waals surface area contributed by atoms with E-state index in [0.29, 0.717) is 11.5 Å². The van der Waals surface area contributed by atoms with Gasteiger partial charge in [0.25, 0.3) is 0 Å². The smallest absolute Gasteiger partial charge is 0.0292 e. The van der Waals surface area contributed by atoms with Gasteiger partial charge >= 0.3 is 0 Å². The summed E-state index contributed by atoms with van der Waals surface area (Å²) in [7, 11) is 0. The van der Waals surface area contributed by atoms with Gasteiger partial charge in [0, 0.05) is 12.6 Å². The van der Waals surface area contributed by atoms with Gasteiger partial charge < -0.3 is 5.32 Å². The van der Waals surface area contributed by atoms with Crippen molar-refractivity contribution in [1.82, 2.24) is 5.32 Å². The maximum Gasteiger partial charge on any atom is 0.0292 e. The molecule has 1 fully saturated rings. The van der Waals surface area contributed by atoms with Crippen LogP contribution in [-0.4, -0.2) is 6.54 Å². The highest BCUT2D eigenvalue weighted by Crippen LogP contribution is 2.49. The molecule has 1 aromatic carbocycles. The van der Waals surface area contributed by atoms with E-state index in [0.717, 1.165) is 0 Å². The molecule has 0 aliphatic heterocycles. The largest absolute Gasteiger partial charge is 0.310 e. The predicted octanol–water partition coefficient (Wildman–Crippen LogP) is 4.23. The summed E-state index contributed by atoms with van der Waals surface area (Å²) in [5.74, 6) is 0. The summed E-state index contributed by atoms with van der Waals surface area (Å²) in [6, 6.07) is 9.36. The minimum Gasteiger partial charge on any atom is -0.310 e. The molecule has 0 heterocycles. The van der Waals surface area contributed by atoms with Gasteiger partial charge in [0.05, 0.1) is 0 Å². The zero-order valence-corrected chi connectivity index (χ0v) is 11.4. The second-order valence-corrected chi connectivity index (χ2v) is 5.76. The van der Waals surface area contributed by atoms with E-state index >= 15 is 0 Å². The van der Waals surface area contributed by atoms with Crippen molar-refractivity contribution in [2.45, 2.75) is 52.5 Å². The van der Waals surface area contributed by atoms with Crippen molar-refractivity contribution in [1.29, 1.82) is 0 Å². The molecule has 0 saturated heterocycles. The second-order valence-electron chi connectivity index (χ2n) is 5.76. The van der Waals surface area contributed by atoms with E-state index in [-0.39, 0.29) is 0 Å². The number of hydrogen-bond acceptors (Lipinski definition) is 1. The van der Waals surface area contributed by atoms with Crippen molar-refractivity contribution in [2.24, 2.45) is 5.41 Å². The Morgan fingerprint density at radius 3 is 2.41 bits per heavy atom. The first kappa shape index (κ1) is 12.6. The normalized spacial score (nSPS) is 19.0. The molecule has 1 atom stereocenters. The Kier molecular flexibility index (Phi) is 3.88. The summed E-state index contributed by atoms with van der Waals surface area (Å²) >= 11 is 0. The van der Waals surface area contributed by atoms with E-state index in [1.165, 1.54) is 43.4 Å². The Morgan fingerprint density at radius 1 is 1.24 bits per heavy atom. The van der Waals surface area contributed by atoms with Crippen LogP contribution in [-0.2, 0) is 0 Å². The third-order valence-corrected chi connectivity index (χ3v) is 4.10. The fourth-order valence-electron chi connectivity index (χ4n) is 2.56. The Labute approximate surface area is 106 Å². The summed E-state index contributed by atoms with van der Waals surface area (Å²) in [5, 5.41) is 3.71. The standard InChI is InChI=1S/C16H25N/c1-4-9-16(10-11-16)12-17-14(3)15-7-5-13(2)6-8-15/h5-8,14,17H,4,9-12H2,1-3H3. The molecule has 94 valence electrons. The summed E-state index contributed by atoms with van der Waals surface area (Å²) in [5.41, 5.74) is 3.39. The molecule has 0 amide bonds. The maximum atomic E-state index is 3.71. The van der Waals surface area contributed by atoms with Gasteiger partial charge in [0.2, 0.25) is 0 Å². The summed E-state index contributed by atoms with van der Waals surface area (Å²) in [6.07, 6.45) is 5.56. The van der Waals surface area contributed by atoms with Gasteiger partial charge in [-0.15, -0.1) is 0 Å². The maximum absolute atomic E-state index is 3.71. The van der Waals surface area contributed by atoms with E-state index in [2.05, 4.69) is 50.4 Å². The van der Waals surface area contributed by atoms with Gasteiger partial charge in [-0.05, 0) is 44.1 Å². The molecule has 1 aliphatic rings. The molecule has 0 radical (unpaired) electrons. The van der Waals surface area contributed by atoms with Crippen molar-refractivity contribution < 1.29 is 0 Å². The fraction of sp³-hybridized carbons (Fsp3) is 0.625. The third-order valence-electron chi connectivity index (χ3n) is 4.10. The van der Waals surface area contributed by atoms with Gasteiger partial charge in [-0.1, -0.05) is 43.2 Å². The van der Waals surface area contributed by atoms with Crippen molar-refractivity contribution in [3.8, 4) is 0 Å². The zero-order valence-electron chi connectivity index (χ0n) is 11.4. The molecular formula is C16H25N. The number of nitrogens with one attached hydrogen (secondary N) is 1. The van der Waals surface area contributed by atoms with Gasteiger partial charge in [-0.2, -0.15) is 0 Å². The van der Waals surface area contributed by atoms with E-state index in [1.54, 1.807) is 0 Å². The second kappa shape index (κ2) is 5.22. The van der Waals surface area contributed by atoms with Crippen molar-refractivity contribution >= 4 is 0 Å². The monoisotopic (exact) mass is 231 g/mol. The molecule has 1 heteroatoms. The minimum atomic E-state index is 0.477. The molecule has 17 heavy (non-hydrogen) atoms. The molecule has 1 N–H and O–H groups in total. The Morgan fingerprint density at radius 2 is 1.88 bits per heavy atom. The molecular weight excluding hydrogens is 206 g/mol. The van der Waals surface area contributed by atoms with Crippen LogP contribution >= 0.6 is 0 Å². The van der Waals surface area contributed by atoms with Crippen LogP contribution in [0.1, 0.15) is 56.7 Å². The Bertz CT molecular complexity index is 348. The summed E-state index contributed by atoms with van der Waals surface area (Å²) in [4.78, 5) is 0. The highest BCUT2D eigenvalue weighted by Gasteiger charge is 2.41. The van der Waals surface area contributed by atoms with Gasteiger partial charge in [-0.3, -0.25) is 0 Å². The zero-order chi connectivity index (χ0) is 12.3. The van der Waals surface area contributed by atoms with Gasteiger partial charge in [0.15, 0.2) is 0 Å². The molecule has 1 nitrogen and oxygen atoms in total. The van der Waals surface area contributed by atoms with Crippen LogP contribution in [0.3, 0.4) is 0 Å². The van der Waals surface area contributed by atoms with Crippen LogP contribution in [0.15, 0.2) is 24.3 Å². The first-order valence-electron chi connectivity index (χ1n) is 6.95. The van der Waals surface area contributed by atoms with E-state index in [9.17, 15) is 0 Å². The molecule has 1 aromatic rings. The quantitative estimate of drug-likeness (QED) is 0.772. The first-order chi connectivity index (χ1) is 8.15. The van der Waals surface area contributed by atoms with Crippen LogP contribution in [0.4, 0.5) is 0 Å². The first-order valence-corrected chi connectivity index (χ1v) is 6.95. The molecule has 1 unspecified atom stereocenters. The van der Waals surface area contributed by atoms with Crippen molar-refractivity contribution in [3.05, 3.63) is 35.4 Å². The molecule has 1 aliphatic carbocycles. The van der Waals surface area contributed by atoms with Crippen LogP contribution in [0.25, 0.3) is 0 Å². The fourth-order valence-corrected chi connectivity index (χ4v) is 2.56. The van der Waals surface area contributed by atoms with E-state index < -0.39 is 0 Å². The van der Waals surface area contributed by atoms with Crippen LogP contribution in [0.5, 0.6) is 0 Å². The number of aryl methyl sites for hydroxylation is 1. The SMILES string of the molecule is CCCC1(CNC(C)c2ccc(C)cc2)CC1. The summed E-state index contributed by atoms with van der Waals surface area (Å²) < 4.78 is 0. The van der Waals surface area contributed by atoms with Gasteiger partial charge in [0.1, 0.15) is 0 Å². The highest BCUT2D eigenvalue weighted by molar-refractivity contribution is 5.23. The number of hydrogen-bond donors (Lipinski definition) is 1. The molecule has 0 aromatic heterocycles. The summed E-state index contributed by atoms with van der Waals surface area (Å²) in [6.45, 7) is 7.90. The number of benzene rings is 1. The Hall–Kier alpha value is -0.820. The number of rotatable bonds is 6. The molecule has 1 saturated carbocycles. The average molecular weight is 231 g/mol. The molecule has 0 spiro atoms. The predicted molar refractivity (Wildman–Crippen MR) is 74.2 cm³/mol. The average Bonchev–Trinajstić information content (AvgIpc) is 3.08. The Balaban J connectivity index is 1.85. The minimum absolute atomic E-state index is 0.477. The van der Waals surface area contributed by atoms with Crippen LogP contribution in [0, 0.1) is 12.3 Å². The lowest BCUT2D eigenvalue weighted by molar-refractivity contribution is 0.397. The van der Waals surface area contributed by atoms with Crippen LogP contribution < -0.4 is 5.32 Å². The molecule has 0 bridgehead atoms. The highest BCUT2D eigenvalue weighted by atomic mass is 14.9.